The van der Waals surface area contributed by atoms with Gasteiger partial charge in [0.05, 0.1) is 11.9 Å². The van der Waals surface area contributed by atoms with E-state index in [1.807, 2.05) is 0 Å². The maximum absolute atomic E-state index is 12.3. The predicted octanol–water partition coefficient (Wildman–Crippen LogP) is -0.176. The first kappa shape index (κ1) is 13.0. The van der Waals surface area contributed by atoms with E-state index in [9.17, 15) is 17.2 Å². The summed E-state index contributed by atoms with van der Waals surface area (Å²) in [6, 6.07) is 0. The molecule has 0 saturated carbocycles. The summed E-state index contributed by atoms with van der Waals surface area (Å²) < 4.78 is 50.2. The van der Waals surface area contributed by atoms with Crippen molar-refractivity contribution in [1.82, 2.24) is 14.5 Å². The lowest BCUT2D eigenvalue weighted by molar-refractivity contribution is 0.0561. The standard InChI is InChI=1S/C7H12F2N4O2S/c1-5-6(4-13(12-5)7(8)9)16(14,15)11-3-2-10/h4,7,11H,2-3,10H2,1H3. The van der Waals surface area contributed by atoms with Gasteiger partial charge in [-0.25, -0.2) is 17.8 Å². The molecule has 0 aromatic carbocycles. The fourth-order valence-corrected chi connectivity index (χ4v) is 2.32. The summed E-state index contributed by atoms with van der Waals surface area (Å²) in [5.41, 5.74) is 5.16. The van der Waals surface area contributed by atoms with Crippen LogP contribution in [0.3, 0.4) is 0 Å². The van der Waals surface area contributed by atoms with Gasteiger partial charge in [-0.15, -0.1) is 0 Å². The first-order valence-corrected chi connectivity index (χ1v) is 5.90. The Kier molecular flexibility index (Phi) is 3.94. The summed E-state index contributed by atoms with van der Waals surface area (Å²) in [7, 11) is -3.81. The molecule has 0 radical (unpaired) electrons. The van der Waals surface area contributed by atoms with Gasteiger partial charge in [-0.3, -0.25) is 0 Å². The van der Waals surface area contributed by atoms with E-state index in [-0.39, 0.29) is 23.7 Å². The topological polar surface area (TPSA) is 90.0 Å². The zero-order valence-corrected chi connectivity index (χ0v) is 9.34. The Labute approximate surface area is 91.5 Å². The van der Waals surface area contributed by atoms with Crippen LogP contribution in [0.5, 0.6) is 0 Å². The summed E-state index contributed by atoms with van der Waals surface area (Å²) in [6.45, 7) is -1.35. The van der Waals surface area contributed by atoms with Gasteiger partial charge in [0.25, 0.3) is 0 Å². The second-order valence-corrected chi connectivity index (χ2v) is 4.76. The number of hydrogen-bond acceptors (Lipinski definition) is 4. The number of aromatic nitrogens is 2. The number of sulfonamides is 1. The Hall–Kier alpha value is -1.06. The van der Waals surface area contributed by atoms with Crippen LogP contribution in [0.4, 0.5) is 8.78 Å². The molecule has 0 unspecified atom stereocenters. The van der Waals surface area contributed by atoms with Gasteiger partial charge in [0.1, 0.15) is 4.90 Å². The van der Waals surface area contributed by atoms with Crippen LogP contribution in [0.15, 0.2) is 11.1 Å². The Morgan fingerprint density at radius 2 is 2.25 bits per heavy atom. The van der Waals surface area contributed by atoms with E-state index >= 15 is 0 Å². The lowest BCUT2D eigenvalue weighted by atomic mass is 10.5. The average molecular weight is 254 g/mol. The first-order chi connectivity index (χ1) is 7.38. The lowest BCUT2D eigenvalue weighted by Crippen LogP contribution is -2.29. The molecule has 6 nitrogen and oxygen atoms in total. The molecule has 1 aromatic rings. The molecule has 1 heterocycles. The SMILES string of the molecule is Cc1nn(C(F)F)cc1S(=O)(=O)NCCN. The van der Waals surface area contributed by atoms with E-state index in [1.165, 1.54) is 6.92 Å². The zero-order chi connectivity index (χ0) is 12.3. The molecular formula is C7H12F2N4O2S. The van der Waals surface area contributed by atoms with Crippen LogP contribution in [0.1, 0.15) is 12.2 Å². The third-order valence-corrected chi connectivity index (χ3v) is 3.36. The minimum absolute atomic E-state index is 0.0184. The minimum Gasteiger partial charge on any atom is -0.329 e. The van der Waals surface area contributed by atoms with Crippen molar-refractivity contribution < 1.29 is 17.2 Å². The number of nitrogens with zero attached hydrogens (tertiary/aromatic N) is 2. The van der Waals surface area contributed by atoms with Crippen LogP contribution < -0.4 is 10.5 Å². The molecule has 0 aliphatic rings. The van der Waals surface area contributed by atoms with Crippen molar-refractivity contribution in [2.24, 2.45) is 5.73 Å². The normalized spacial score (nSPS) is 12.3. The van der Waals surface area contributed by atoms with Crippen LogP contribution in [-0.4, -0.2) is 31.3 Å². The maximum atomic E-state index is 12.3. The molecular weight excluding hydrogens is 242 g/mol. The van der Waals surface area contributed by atoms with Crippen molar-refractivity contribution in [3.63, 3.8) is 0 Å². The van der Waals surface area contributed by atoms with Crippen molar-refractivity contribution in [1.29, 1.82) is 0 Å². The average Bonchev–Trinajstić information content (AvgIpc) is 2.58. The van der Waals surface area contributed by atoms with E-state index < -0.39 is 16.6 Å². The zero-order valence-electron chi connectivity index (χ0n) is 8.52. The fourth-order valence-electron chi connectivity index (χ4n) is 1.10. The van der Waals surface area contributed by atoms with E-state index in [4.69, 9.17) is 5.73 Å². The monoisotopic (exact) mass is 254 g/mol. The van der Waals surface area contributed by atoms with Crippen molar-refractivity contribution in [2.45, 2.75) is 18.4 Å². The number of alkyl halides is 2. The van der Waals surface area contributed by atoms with Crippen molar-refractivity contribution in [2.75, 3.05) is 13.1 Å². The Balaban J connectivity index is 3.04. The van der Waals surface area contributed by atoms with Gasteiger partial charge in [0, 0.05) is 13.1 Å². The molecule has 0 bridgehead atoms. The molecule has 0 aliphatic carbocycles. The van der Waals surface area contributed by atoms with E-state index in [0.717, 1.165) is 6.20 Å². The van der Waals surface area contributed by atoms with Gasteiger partial charge >= 0.3 is 6.55 Å². The number of nitrogens with one attached hydrogen (secondary N) is 1. The maximum Gasteiger partial charge on any atom is 0.333 e. The van der Waals surface area contributed by atoms with Crippen LogP contribution in [0.25, 0.3) is 0 Å². The smallest absolute Gasteiger partial charge is 0.329 e. The largest absolute Gasteiger partial charge is 0.333 e. The van der Waals surface area contributed by atoms with Crippen molar-refractivity contribution in [3.05, 3.63) is 11.9 Å². The van der Waals surface area contributed by atoms with Crippen LogP contribution in [0, 0.1) is 6.92 Å². The molecule has 9 heteroatoms. The molecule has 3 N–H and O–H groups in total. The van der Waals surface area contributed by atoms with Crippen molar-refractivity contribution in [3.8, 4) is 0 Å². The van der Waals surface area contributed by atoms with E-state index in [2.05, 4.69) is 9.82 Å². The highest BCUT2D eigenvalue weighted by molar-refractivity contribution is 7.89. The molecule has 1 rings (SSSR count). The van der Waals surface area contributed by atoms with Gasteiger partial charge in [0.2, 0.25) is 10.0 Å². The minimum atomic E-state index is -3.81. The Morgan fingerprint density at radius 1 is 1.62 bits per heavy atom. The van der Waals surface area contributed by atoms with Crippen LogP contribution >= 0.6 is 0 Å². The first-order valence-electron chi connectivity index (χ1n) is 4.42. The summed E-state index contributed by atoms with van der Waals surface area (Å²) in [6.07, 6.45) is 0.791. The number of halogens is 2. The number of nitrogens with two attached hydrogens (primary N) is 1. The predicted molar refractivity (Wildman–Crippen MR) is 52.5 cm³/mol. The third-order valence-electron chi connectivity index (χ3n) is 1.80. The molecule has 16 heavy (non-hydrogen) atoms. The van der Waals surface area contributed by atoms with Gasteiger partial charge in [-0.1, -0.05) is 0 Å². The molecule has 0 atom stereocenters. The third kappa shape index (κ3) is 2.74. The summed E-state index contributed by atoms with van der Waals surface area (Å²) in [5.74, 6) is 0. The molecule has 92 valence electrons. The van der Waals surface area contributed by atoms with Gasteiger partial charge in [-0.05, 0) is 6.92 Å². The number of hydrogen-bond donors (Lipinski definition) is 2. The number of aryl methyl sites for hydroxylation is 1. The molecule has 0 saturated heterocycles. The summed E-state index contributed by atoms with van der Waals surface area (Å²) >= 11 is 0. The van der Waals surface area contributed by atoms with E-state index in [1.54, 1.807) is 0 Å². The van der Waals surface area contributed by atoms with Crippen molar-refractivity contribution >= 4 is 10.0 Å². The van der Waals surface area contributed by atoms with E-state index in [0.29, 0.717) is 4.68 Å². The Bertz CT molecular complexity index is 457. The van der Waals surface area contributed by atoms with Gasteiger partial charge in [0.15, 0.2) is 0 Å². The Morgan fingerprint density at radius 3 is 2.69 bits per heavy atom. The molecule has 0 aliphatic heterocycles. The lowest BCUT2D eigenvalue weighted by Gasteiger charge is -2.02. The van der Waals surface area contributed by atoms with Crippen LogP contribution in [0.2, 0.25) is 0 Å². The quantitative estimate of drug-likeness (QED) is 0.763. The molecule has 0 fully saturated rings. The van der Waals surface area contributed by atoms with Gasteiger partial charge in [-0.2, -0.15) is 13.9 Å². The molecule has 0 amide bonds. The second-order valence-electron chi connectivity index (χ2n) is 3.02. The summed E-state index contributed by atoms with van der Waals surface area (Å²) in [5, 5.41) is 3.40. The highest BCUT2D eigenvalue weighted by Gasteiger charge is 2.21. The van der Waals surface area contributed by atoms with Crippen LogP contribution in [-0.2, 0) is 10.0 Å². The highest BCUT2D eigenvalue weighted by Crippen LogP contribution is 2.17. The fraction of sp³-hybridized carbons (Fsp3) is 0.571. The second kappa shape index (κ2) is 4.85. The highest BCUT2D eigenvalue weighted by atomic mass is 32.2. The number of rotatable bonds is 5. The molecule has 0 spiro atoms. The van der Waals surface area contributed by atoms with Gasteiger partial charge < -0.3 is 5.73 Å². The molecule has 1 aromatic heterocycles. The summed E-state index contributed by atoms with van der Waals surface area (Å²) in [4.78, 5) is -0.263.